The molecule has 1 amide bonds. The fraction of sp³-hybridized carbons (Fsp3) is 0.500. The summed E-state index contributed by atoms with van der Waals surface area (Å²) < 4.78 is 5.31. The average molecular weight is 302 g/mol. The molecule has 104 valence electrons. The Labute approximate surface area is 123 Å². The Morgan fingerprint density at radius 2 is 1.79 bits per heavy atom. The first kappa shape index (κ1) is 14.5. The van der Waals surface area contributed by atoms with E-state index >= 15 is 0 Å². The number of hydrogen-bond acceptors (Lipinski definition) is 2. The van der Waals surface area contributed by atoms with Gasteiger partial charge in [-0.1, -0.05) is 29.3 Å². The quantitative estimate of drug-likeness (QED) is 0.773. The normalized spacial score (nSPS) is 16.2. The minimum absolute atomic E-state index is 0.189. The van der Waals surface area contributed by atoms with Crippen LogP contribution < -0.4 is 0 Å². The molecule has 1 aliphatic heterocycles. The first-order chi connectivity index (χ1) is 8.78. The van der Waals surface area contributed by atoms with Crippen LogP contribution in [0.5, 0.6) is 0 Å². The van der Waals surface area contributed by atoms with Crippen molar-refractivity contribution in [1.82, 2.24) is 4.90 Å². The Morgan fingerprint density at radius 3 is 2.26 bits per heavy atom. The van der Waals surface area contributed by atoms with Crippen molar-refractivity contribution in [1.29, 1.82) is 0 Å². The summed E-state index contributed by atoms with van der Waals surface area (Å²) in [5, 5.41) is 1.31. The van der Waals surface area contributed by atoms with Gasteiger partial charge >= 0.3 is 6.09 Å². The molecule has 3 nitrogen and oxygen atoms in total. The zero-order chi connectivity index (χ0) is 14.2. The number of amides is 1. The zero-order valence-electron chi connectivity index (χ0n) is 11.2. The number of nitrogens with zero attached hydrogens (tertiary/aromatic N) is 1. The topological polar surface area (TPSA) is 29.5 Å². The van der Waals surface area contributed by atoms with Crippen LogP contribution in [-0.4, -0.2) is 29.7 Å². The van der Waals surface area contributed by atoms with Crippen molar-refractivity contribution in [3.05, 3.63) is 33.8 Å². The molecule has 1 saturated heterocycles. The van der Waals surface area contributed by atoms with E-state index in [1.165, 1.54) is 0 Å². The summed E-state index contributed by atoms with van der Waals surface area (Å²) >= 11 is 12.3. The first-order valence-corrected chi connectivity index (χ1v) is 6.95. The van der Waals surface area contributed by atoms with Gasteiger partial charge in [0.25, 0.3) is 0 Å². The molecule has 0 unspecified atom stereocenters. The first-order valence-electron chi connectivity index (χ1n) is 6.20. The molecular formula is C14H17Cl2NO2. The minimum Gasteiger partial charge on any atom is -0.444 e. The van der Waals surface area contributed by atoms with Crippen LogP contribution in [0.4, 0.5) is 4.79 Å². The highest BCUT2D eigenvalue weighted by Gasteiger charge is 2.36. The van der Waals surface area contributed by atoms with Gasteiger partial charge in [0, 0.05) is 29.1 Å². The van der Waals surface area contributed by atoms with E-state index < -0.39 is 5.60 Å². The molecule has 1 heterocycles. The van der Waals surface area contributed by atoms with Crippen molar-refractivity contribution in [2.45, 2.75) is 32.3 Å². The zero-order valence-corrected chi connectivity index (χ0v) is 12.8. The number of rotatable bonds is 1. The van der Waals surface area contributed by atoms with Gasteiger partial charge in [0.15, 0.2) is 0 Å². The predicted molar refractivity (Wildman–Crippen MR) is 77.0 cm³/mol. The van der Waals surface area contributed by atoms with E-state index in [1.54, 1.807) is 4.90 Å². The summed E-state index contributed by atoms with van der Waals surface area (Å²) in [6, 6.07) is 5.45. The molecule has 1 aliphatic rings. The molecule has 0 radical (unpaired) electrons. The van der Waals surface area contributed by atoms with E-state index in [9.17, 15) is 4.79 Å². The maximum absolute atomic E-state index is 11.8. The fourth-order valence-corrected chi connectivity index (χ4v) is 2.74. The second kappa shape index (κ2) is 5.22. The van der Waals surface area contributed by atoms with Gasteiger partial charge in [-0.15, -0.1) is 0 Å². The van der Waals surface area contributed by atoms with Gasteiger partial charge in [0.2, 0.25) is 0 Å². The Hall–Kier alpha value is -0.930. The van der Waals surface area contributed by atoms with Crippen molar-refractivity contribution in [3.63, 3.8) is 0 Å². The maximum atomic E-state index is 11.8. The number of halogens is 2. The van der Waals surface area contributed by atoms with E-state index in [1.807, 2.05) is 39.0 Å². The number of carbonyl (C=O) groups excluding carboxylic acids is 1. The van der Waals surface area contributed by atoms with Gasteiger partial charge in [-0.2, -0.15) is 0 Å². The molecule has 0 spiro atoms. The van der Waals surface area contributed by atoms with Gasteiger partial charge in [-0.25, -0.2) is 4.79 Å². The highest BCUT2D eigenvalue weighted by molar-refractivity contribution is 6.36. The third-order valence-corrected chi connectivity index (χ3v) is 3.60. The maximum Gasteiger partial charge on any atom is 0.410 e. The van der Waals surface area contributed by atoms with E-state index in [0.29, 0.717) is 23.1 Å². The summed E-state index contributed by atoms with van der Waals surface area (Å²) in [7, 11) is 0. The Bertz CT molecular complexity index is 470. The largest absolute Gasteiger partial charge is 0.444 e. The Kier molecular flexibility index (Phi) is 3.98. The van der Waals surface area contributed by atoms with Crippen LogP contribution in [0.3, 0.4) is 0 Å². The fourth-order valence-electron chi connectivity index (χ4n) is 2.04. The standard InChI is InChI=1S/C14H17Cl2NO2/c1-14(2,3)19-13(18)17-7-9(8-17)12-10(15)5-4-6-11(12)16/h4-6,9H,7-8H2,1-3H3. The molecule has 0 N–H and O–H groups in total. The summed E-state index contributed by atoms with van der Waals surface area (Å²) in [5.74, 6) is 0.189. The van der Waals surface area contributed by atoms with E-state index in [2.05, 4.69) is 0 Å². The molecule has 0 aliphatic carbocycles. The van der Waals surface area contributed by atoms with Crippen LogP contribution in [0.25, 0.3) is 0 Å². The number of ether oxygens (including phenoxy) is 1. The van der Waals surface area contributed by atoms with Gasteiger partial charge in [0.05, 0.1) is 0 Å². The van der Waals surface area contributed by atoms with E-state index in [-0.39, 0.29) is 12.0 Å². The number of likely N-dealkylation sites (tertiary alicyclic amines) is 1. The van der Waals surface area contributed by atoms with Gasteiger partial charge in [-0.3, -0.25) is 0 Å². The van der Waals surface area contributed by atoms with Gasteiger partial charge in [-0.05, 0) is 38.5 Å². The van der Waals surface area contributed by atoms with E-state index in [0.717, 1.165) is 5.56 Å². The highest BCUT2D eigenvalue weighted by atomic mass is 35.5. The van der Waals surface area contributed by atoms with Crippen molar-refractivity contribution >= 4 is 29.3 Å². The predicted octanol–water partition coefficient (Wildman–Crippen LogP) is 4.33. The molecule has 2 rings (SSSR count). The molecule has 1 aromatic carbocycles. The van der Waals surface area contributed by atoms with Gasteiger partial charge < -0.3 is 9.64 Å². The smallest absolute Gasteiger partial charge is 0.410 e. The third kappa shape index (κ3) is 3.34. The van der Waals surface area contributed by atoms with Crippen molar-refractivity contribution in [2.24, 2.45) is 0 Å². The molecule has 0 bridgehead atoms. The lowest BCUT2D eigenvalue weighted by Gasteiger charge is -2.40. The molecule has 0 saturated carbocycles. The number of carbonyl (C=O) groups is 1. The van der Waals surface area contributed by atoms with Crippen LogP contribution in [0.2, 0.25) is 10.0 Å². The summed E-state index contributed by atoms with van der Waals surface area (Å²) in [5.41, 5.74) is 0.454. The number of hydrogen-bond donors (Lipinski definition) is 0. The Morgan fingerprint density at radius 1 is 1.26 bits per heavy atom. The average Bonchev–Trinajstić information content (AvgIpc) is 2.17. The summed E-state index contributed by atoms with van der Waals surface area (Å²) in [4.78, 5) is 13.5. The second-order valence-electron chi connectivity index (χ2n) is 5.72. The Balaban J connectivity index is 1.98. The molecule has 19 heavy (non-hydrogen) atoms. The highest BCUT2D eigenvalue weighted by Crippen LogP contribution is 2.37. The van der Waals surface area contributed by atoms with Crippen LogP contribution in [0, 0.1) is 0 Å². The molecule has 0 aromatic heterocycles. The lowest BCUT2D eigenvalue weighted by Crippen LogP contribution is -2.50. The minimum atomic E-state index is -0.468. The monoisotopic (exact) mass is 301 g/mol. The molecular weight excluding hydrogens is 285 g/mol. The second-order valence-corrected chi connectivity index (χ2v) is 6.53. The van der Waals surface area contributed by atoms with Gasteiger partial charge in [0.1, 0.15) is 5.60 Å². The third-order valence-electron chi connectivity index (χ3n) is 2.94. The summed E-state index contributed by atoms with van der Waals surface area (Å²) in [6.07, 6.45) is -0.285. The lowest BCUT2D eigenvalue weighted by atomic mass is 9.92. The number of benzene rings is 1. The van der Waals surface area contributed by atoms with E-state index in [4.69, 9.17) is 27.9 Å². The van der Waals surface area contributed by atoms with Crippen LogP contribution >= 0.6 is 23.2 Å². The van der Waals surface area contributed by atoms with Crippen LogP contribution in [0.15, 0.2) is 18.2 Å². The molecule has 1 aromatic rings. The SMILES string of the molecule is CC(C)(C)OC(=O)N1CC(c2c(Cl)cccc2Cl)C1. The summed E-state index contributed by atoms with van der Waals surface area (Å²) in [6.45, 7) is 6.75. The van der Waals surface area contributed by atoms with Crippen LogP contribution in [0.1, 0.15) is 32.3 Å². The van der Waals surface area contributed by atoms with Crippen molar-refractivity contribution < 1.29 is 9.53 Å². The lowest BCUT2D eigenvalue weighted by molar-refractivity contribution is 0.00820. The van der Waals surface area contributed by atoms with Crippen molar-refractivity contribution in [3.8, 4) is 0 Å². The molecule has 1 fully saturated rings. The van der Waals surface area contributed by atoms with Crippen LogP contribution in [-0.2, 0) is 4.74 Å². The molecule has 0 atom stereocenters. The molecule has 5 heteroatoms. The van der Waals surface area contributed by atoms with Crippen molar-refractivity contribution in [2.75, 3.05) is 13.1 Å².